The van der Waals surface area contributed by atoms with Crippen LogP contribution < -0.4 is 5.32 Å². The van der Waals surface area contributed by atoms with E-state index in [1.807, 2.05) is 13.0 Å². The van der Waals surface area contributed by atoms with Crippen molar-refractivity contribution in [2.45, 2.75) is 26.7 Å². The van der Waals surface area contributed by atoms with Crippen LogP contribution in [0.4, 0.5) is 10.1 Å². The molecule has 0 radical (unpaired) electrons. The molecule has 0 aliphatic heterocycles. The van der Waals surface area contributed by atoms with Crippen LogP contribution in [0.1, 0.15) is 26.7 Å². The second kappa shape index (κ2) is 10.9. The van der Waals surface area contributed by atoms with Crippen molar-refractivity contribution in [3.8, 4) is 0 Å². The quantitative estimate of drug-likeness (QED) is 0.309. The van der Waals surface area contributed by atoms with Crippen molar-refractivity contribution in [2.75, 3.05) is 18.5 Å². The van der Waals surface area contributed by atoms with E-state index in [4.69, 9.17) is 14.7 Å². The summed E-state index contributed by atoms with van der Waals surface area (Å²) in [5.74, 6) is -0.312. The number of anilines is 1. The first-order valence-corrected chi connectivity index (χ1v) is 11.0. The van der Waals surface area contributed by atoms with E-state index >= 15 is 0 Å². The Morgan fingerprint density at radius 1 is 1.15 bits per heavy atom. The maximum Gasteiger partial charge on any atom is 0.481 e. The van der Waals surface area contributed by atoms with Crippen molar-refractivity contribution in [1.82, 2.24) is 0 Å². The third kappa shape index (κ3) is 11.2. The number of rotatable bonds is 11. The summed E-state index contributed by atoms with van der Waals surface area (Å²) in [4.78, 5) is 26.1. The van der Waals surface area contributed by atoms with Crippen molar-refractivity contribution < 1.29 is 37.0 Å². The topological polar surface area (TPSA) is 125 Å². The number of allylic oxidation sites excluding steroid dienone is 2. The molecule has 152 valence electrons. The molecule has 4 N–H and O–H groups in total. The lowest BCUT2D eigenvalue weighted by Gasteiger charge is -2.11. The number of phosphoric acid groups is 2. The normalized spacial score (nSPS) is 15.5. The van der Waals surface area contributed by atoms with E-state index in [1.54, 1.807) is 25.1 Å². The molecular weight excluding hydrogens is 399 g/mol. The molecule has 27 heavy (non-hydrogen) atoms. The third-order valence-corrected chi connectivity index (χ3v) is 5.49. The Morgan fingerprint density at radius 2 is 1.81 bits per heavy atom. The molecule has 1 atom stereocenters. The van der Waals surface area contributed by atoms with Gasteiger partial charge >= 0.3 is 15.6 Å². The van der Waals surface area contributed by atoms with Crippen LogP contribution in [0.15, 0.2) is 47.6 Å². The van der Waals surface area contributed by atoms with Crippen LogP contribution >= 0.6 is 15.6 Å². The van der Waals surface area contributed by atoms with E-state index in [-0.39, 0.29) is 12.4 Å². The molecular formula is C16H24FNO7P2. The van der Waals surface area contributed by atoms with Gasteiger partial charge in [0.1, 0.15) is 5.82 Å². The van der Waals surface area contributed by atoms with Crippen LogP contribution in [0, 0.1) is 5.82 Å². The standard InChI is InChI=1S/C16H24FNO7P2/c1-13(10-11-24-27(22,23)25-26(19,20)21)6-5-7-14(2)12-18-16-9-4-3-8-15(16)17/h3-4,7-10,18H,5-6,11-12H2,1-2H3,(H,22,23)(H2,19,20,21)/b13-10+,14-7+. The van der Waals surface area contributed by atoms with Gasteiger partial charge in [-0.15, -0.1) is 0 Å². The smallest absolute Gasteiger partial charge is 0.379 e. The van der Waals surface area contributed by atoms with Gasteiger partial charge in [0, 0.05) is 6.54 Å². The van der Waals surface area contributed by atoms with E-state index < -0.39 is 15.6 Å². The molecule has 0 fully saturated rings. The third-order valence-electron chi connectivity index (χ3n) is 3.34. The van der Waals surface area contributed by atoms with Gasteiger partial charge in [-0.05, 0) is 38.8 Å². The number of hydrogen-bond donors (Lipinski definition) is 4. The van der Waals surface area contributed by atoms with Gasteiger partial charge in [-0.3, -0.25) is 4.52 Å². The van der Waals surface area contributed by atoms with E-state index in [0.29, 0.717) is 25.1 Å². The summed E-state index contributed by atoms with van der Waals surface area (Å²) in [6.07, 6.45) is 4.85. The average molecular weight is 423 g/mol. The van der Waals surface area contributed by atoms with Crippen molar-refractivity contribution >= 4 is 21.3 Å². The lowest BCUT2D eigenvalue weighted by atomic mass is 10.1. The minimum Gasteiger partial charge on any atom is -0.379 e. The molecule has 0 aliphatic rings. The zero-order valence-electron chi connectivity index (χ0n) is 15.0. The molecule has 0 spiro atoms. The van der Waals surface area contributed by atoms with E-state index in [0.717, 1.165) is 11.1 Å². The molecule has 0 heterocycles. The first-order valence-electron chi connectivity index (χ1n) is 8.02. The van der Waals surface area contributed by atoms with Crippen LogP contribution in [0.5, 0.6) is 0 Å². The number of para-hydroxylation sites is 1. The molecule has 0 saturated carbocycles. The fourth-order valence-electron chi connectivity index (χ4n) is 1.99. The van der Waals surface area contributed by atoms with Crippen LogP contribution in [0.3, 0.4) is 0 Å². The highest BCUT2D eigenvalue weighted by Gasteiger charge is 2.31. The monoisotopic (exact) mass is 423 g/mol. The zero-order valence-corrected chi connectivity index (χ0v) is 16.8. The lowest BCUT2D eigenvalue weighted by Crippen LogP contribution is -2.04. The predicted octanol–water partition coefficient (Wildman–Crippen LogP) is 4.14. The predicted molar refractivity (Wildman–Crippen MR) is 101 cm³/mol. The molecule has 0 aliphatic carbocycles. The van der Waals surface area contributed by atoms with Crippen molar-refractivity contribution in [1.29, 1.82) is 0 Å². The summed E-state index contributed by atoms with van der Waals surface area (Å²) in [5.41, 5.74) is 2.32. The SMILES string of the molecule is C/C(=C\COP(=O)(O)OP(=O)(O)O)CC/C=C(\C)CNc1ccccc1F. The van der Waals surface area contributed by atoms with Gasteiger partial charge < -0.3 is 20.0 Å². The molecule has 0 bridgehead atoms. The molecule has 11 heteroatoms. The summed E-state index contributed by atoms with van der Waals surface area (Å²) < 4.78 is 43.4. The minimum atomic E-state index is -5.11. The molecule has 1 unspecified atom stereocenters. The van der Waals surface area contributed by atoms with Gasteiger partial charge in [0.15, 0.2) is 0 Å². The van der Waals surface area contributed by atoms with Gasteiger partial charge in [0.2, 0.25) is 0 Å². The number of hydrogen-bond acceptors (Lipinski definition) is 5. The number of phosphoric ester groups is 1. The molecule has 0 amide bonds. The van der Waals surface area contributed by atoms with Gasteiger partial charge in [-0.25, -0.2) is 13.5 Å². The molecule has 1 aromatic carbocycles. The van der Waals surface area contributed by atoms with Crippen LogP contribution in [0.2, 0.25) is 0 Å². The second-order valence-corrected chi connectivity index (χ2v) is 8.64. The van der Waals surface area contributed by atoms with Gasteiger partial charge in [0.25, 0.3) is 0 Å². The molecule has 1 aromatic rings. The molecule has 1 rings (SSSR count). The minimum absolute atomic E-state index is 0.312. The summed E-state index contributed by atoms with van der Waals surface area (Å²) in [6.45, 7) is 3.88. The van der Waals surface area contributed by atoms with Crippen LogP contribution in [-0.2, 0) is 18.0 Å². The average Bonchev–Trinajstić information content (AvgIpc) is 2.51. The Bertz CT molecular complexity index is 776. The second-order valence-electron chi connectivity index (χ2n) is 5.81. The Balaban J connectivity index is 2.36. The first-order chi connectivity index (χ1) is 12.5. The maximum atomic E-state index is 13.5. The number of nitrogens with one attached hydrogen (secondary N) is 1. The van der Waals surface area contributed by atoms with E-state index in [1.165, 1.54) is 12.1 Å². The first kappa shape index (κ1) is 23.7. The molecule has 8 nitrogen and oxygen atoms in total. The fraction of sp³-hybridized carbons (Fsp3) is 0.375. The van der Waals surface area contributed by atoms with Gasteiger partial charge in [-0.2, -0.15) is 4.31 Å². The largest absolute Gasteiger partial charge is 0.481 e. The maximum absolute atomic E-state index is 13.5. The molecule has 0 saturated heterocycles. The fourth-order valence-corrected chi connectivity index (χ4v) is 3.52. The number of halogens is 1. The van der Waals surface area contributed by atoms with E-state index in [9.17, 15) is 13.5 Å². The number of benzene rings is 1. The van der Waals surface area contributed by atoms with Crippen LogP contribution in [-0.4, -0.2) is 27.8 Å². The Labute approximate surface area is 157 Å². The summed E-state index contributed by atoms with van der Waals surface area (Å²) >= 11 is 0. The lowest BCUT2D eigenvalue weighted by molar-refractivity contribution is 0.191. The highest BCUT2D eigenvalue weighted by molar-refractivity contribution is 7.60. The summed E-state index contributed by atoms with van der Waals surface area (Å²) in [5, 5.41) is 3.01. The van der Waals surface area contributed by atoms with E-state index in [2.05, 4.69) is 14.2 Å². The highest BCUT2D eigenvalue weighted by Crippen LogP contribution is 2.57. The highest BCUT2D eigenvalue weighted by atomic mass is 31.3. The Hall–Kier alpha value is -1.31. The summed E-state index contributed by atoms with van der Waals surface area (Å²) in [7, 11) is -9.92. The zero-order chi connectivity index (χ0) is 20.5. The Kier molecular flexibility index (Phi) is 9.56. The van der Waals surface area contributed by atoms with Gasteiger partial charge in [-0.1, -0.05) is 35.4 Å². The summed E-state index contributed by atoms with van der Waals surface area (Å²) in [6, 6.07) is 6.41. The van der Waals surface area contributed by atoms with Crippen molar-refractivity contribution in [3.05, 3.63) is 53.4 Å². The van der Waals surface area contributed by atoms with Gasteiger partial charge in [0.05, 0.1) is 12.3 Å². The van der Waals surface area contributed by atoms with Crippen molar-refractivity contribution in [3.63, 3.8) is 0 Å². The molecule has 0 aromatic heterocycles. The van der Waals surface area contributed by atoms with Crippen LogP contribution in [0.25, 0.3) is 0 Å². The Morgan fingerprint density at radius 3 is 2.44 bits per heavy atom. The van der Waals surface area contributed by atoms with Crippen molar-refractivity contribution in [2.24, 2.45) is 0 Å².